The van der Waals surface area contributed by atoms with E-state index in [4.69, 9.17) is 18.9 Å². The molecule has 0 heterocycles. The van der Waals surface area contributed by atoms with Gasteiger partial charge in [0, 0.05) is 6.54 Å². The minimum absolute atomic E-state index is 0.428. The quantitative estimate of drug-likeness (QED) is 0.722. The Kier molecular flexibility index (Phi) is 6.70. The van der Waals surface area contributed by atoms with Crippen LogP contribution in [-0.2, 0) is 6.54 Å². The largest absolute Gasteiger partial charge is 0.493 e. The van der Waals surface area contributed by atoms with Crippen molar-refractivity contribution in [2.24, 2.45) is 0 Å². The Bertz CT molecular complexity index is 786. The summed E-state index contributed by atoms with van der Waals surface area (Å²) in [5.41, 5.74) is 1.86. The van der Waals surface area contributed by atoms with E-state index in [0.29, 0.717) is 29.5 Å². The third-order valence-corrected chi connectivity index (χ3v) is 4.17. The molecule has 1 unspecified atom stereocenters. The summed E-state index contributed by atoms with van der Waals surface area (Å²) < 4.78 is 21.2. The second-order valence-corrected chi connectivity index (χ2v) is 5.75. The second kappa shape index (κ2) is 8.97. The van der Waals surface area contributed by atoms with Crippen LogP contribution in [0.15, 0.2) is 36.4 Å². The fraction of sp³-hybridized carbons (Fsp3) is 0.350. The summed E-state index contributed by atoms with van der Waals surface area (Å²) in [6.07, 6.45) is 0. The molecule has 0 spiro atoms. The lowest BCUT2D eigenvalue weighted by atomic mass is 10.0. The highest BCUT2D eigenvalue weighted by Crippen LogP contribution is 2.33. The lowest BCUT2D eigenvalue weighted by molar-refractivity contribution is 0.280. The Morgan fingerprint density at radius 1 is 0.846 bits per heavy atom. The molecule has 2 aromatic rings. The molecule has 1 atom stereocenters. The molecular formula is C20H24N2O4. The van der Waals surface area contributed by atoms with E-state index in [-0.39, 0.29) is 0 Å². The minimum atomic E-state index is -0.428. The van der Waals surface area contributed by atoms with Crippen LogP contribution in [0.25, 0.3) is 0 Å². The van der Waals surface area contributed by atoms with Crippen molar-refractivity contribution >= 4 is 0 Å². The van der Waals surface area contributed by atoms with Crippen molar-refractivity contribution in [1.29, 1.82) is 5.26 Å². The number of hydrogen-bond acceptors (Lipinski definition) is 6. The van der Waals surface area contributed by atoms with Crippen molar-refractivity contribution in [3.63, 3.8) is 0 Å². The predicted molar refractivity (Wildman–Crippen MR) is 98.9 cm³/mol. The summed E-state index contributed by atoms with van der Waals surface area (Å²) in [6, 6.07) is 13.2. The van der Waals surface area contributed by atoms with E-state index in [2.05, 4.69) is 6.07 Å². The molecule has 2 aromatic carbocycles. The molecule has 0 aliphatic heterocycles. The number of ether oxygens (including phenoxy) is 4. The second-order valence-electron chi connectivity index (χ2n) is 5.75. The van der Waals surface area contributed by atoms with Crippen LogP contribution < -0.4 is 18.9 Å². The number of rotatable bonds is 8. The van der Waals surface area contributed by atoms with E-state index < -0.39 is 6.04 Å². The highest BCUT2D eigenvalue weighted by atomic mass is 16.5. The zero-order valence-electron chi connectivity index (χ0n) is 15.8. The first-order valence-corrected chi connectivity index (χ1v) is 8.10. The Balaban J connectivity index is 2.24. The van der Waals surface area contributed by atoms with Gasteiger partial charge in [-0.1, -0.05) is 12.1 Å². The molecule has 2 rings (SSSR count). The van der Waals surface area contributed by atoms with E-state index in [9.17, 15) is 5.26 Å². The van der Waals surface area contributed by atoms with Crippen molar-refractivity contribution < 1.29 is 18.9 Å². The average molecular weight is 356 g/mol. The monoisotopic (exact) mass is 356 g/mol. The molecule has 0 fully saturated rings. The lowest BCUT2D eigenvalue weighted by Gasteiger charge is -2.24. The van der Waals surface area contributed by atoms with Crippen LogP contribution in [0.2, 0.25) is 0 Å². The molecule has 26 heavy (non-hydrogen) atoms. The van der Waals surface area contributed by atoms with Gasteiger partial charge < -0.3 is 18.9 Å². The van der Waals surface area contributed by atoms with Crippen molar-refractivity contribution in [2.45, 2.75) is 12.6 Å². The smallest absolute Gasteiger partial charge is 0.161 e. The van der Waals surface area contributed by atoms with Crippen LogP contribution in [0.5, 0.6) is 23.0 Å². The van der Waals surface area contributed by atoms with Gasteiger partial charge in [-0.15, -0.1) is 0 Å². The Morgan fingerprint density at radius 2 is 1.38 bits per heavy atom. The van der Waals surface area contributed by atoms with E-state index >= 15 is 0 Å². The summed E-state index contributed by atoms with van der Waals surface area (Å²) in [4.78, 5) is 1.96. The number of methoxy groups -OCH3 is 4. The predicted octanol–water partition coefficient (Wildman–Crippen LogP) is 3.42. The van der Waals surface area contributed by atoms with E-state index in [1.54, 1.807) is 28.4 Å². The van der Waals surface area contributed by atoms with Gasteiger partial charge in [0.25, 0.3) is 0 Å². The Morgan fingerprint density at radius 3 is 1.92 bits per heavy atom. The molecule has 0 aliphatic rings. The van der Waals surface area contributed by atoms with Gasteiger partial charge in [0.15, 0.2) is 23.0 Å². The van der Waals surface area contributed by atoms with Gasteiger partial charge in [-0.05, 0) is 42.4 Å². The third kappa shape index (κ3) is 4.19. The SMILES string of the molecule is COc1ccc(CN(C)C(C#N)c2ccc(OC)c(OC)c2)cc1OC. The summed E-state index contributed by atoms with van der Waals surface area (Å²) in [5.74, 6) is 2.58. The van der Waals surface area contributed by atoms with Crippen LogP contribution in [0, 0.1) is 11.3 Å². The fourth-order valence-electron chi connectivity index (χ4n) is 2.81. The molecule has 6 heteroatoms. The normalized spacial score (nSPS) is 11.6. The molecule has 0 N–H and O–H groups in total. The number of benzene rings is 2. The van der Waals surface area contributed by atoms with Crippen LogP contribution in [0.4, 0.5) is 0 Å². The minimum Gasteiger partial charge on any atom is -0.493 e. The first-order chi connectivity index (χ1) is 12.6. The molecule has 0 aromatic heterocycles. The van der Waals surface area contributed by atoms with Crippen molar-refractivity contribution in [1.82, 2.24) is 4.90 Å². The first kappa shape index (κ1) is 19.4. The summed E-state index contributed by atoms with van der Waals surface area (Å²) in [6.45, 7) is 0.576. The number of nitrogens with zero attached hydrogens (tertiary/aromatic N) is 2. The van der Waals surface area contributed by atoms with Gasteiger partial charge in [0.2, 0.25) is 0 Å². The van der Waals surface area contributed by atoms with E-state index in [0.717, 1.165) is 11.1 Å². The van der Waals surface area contributed by atoms with Crippen LogP contribution in [0.1, 0.15) is 17.2 Å². The maximum absolute atomic E-state index is 9.69. The molecule has 6 nitrogen and oxygen atoms in total. The highest BCUT2D eigenvalue weighted by Gasteiger charge is 2.19. The molecule has 0 amide bonds. The van der Waals surface area contributed by atoms with Gasteiger partial charge in [-0.3, -0.25) is 4.90 Å². The summed E-state index contributed by atoms with van der Waals surface area (Å²) in [7, 11) is 8.28. The van der Waals surface area contributed by atoms with Crippen LogP contribution in [0.3, 0.4) is 0 Å². The third-order valence-electron chi connectivity index (χ3n) is 4.17. The Labute approximate surface area is 154 Å². The zero-order valence-corrected chi connectivity index (χ0v) is 15.8. The van der Waals surface area contributed by atoms with E-state index in [1.807, 2.05) is 48.3 Å². The fourth-order valence-corrected chi connectivity index (χ4v) is 2.81. The molecule has 138 valence electrons. The topological polar surface area (TPSA) is 64.0 Å². The standard InChI is InChI=1S/C20H24N2O4/c1-22(13-14-6-8-17(23-2)19(10-14)25-4)16(12-21)15-7-9-18(24-3)20(11-15)26-5/h6-11,16H,13H2,1-5H3. The summed E-state index contributed by atoms with van der Waals surface area (Å²) in [5, 5.41) is 9.69. The van der Waals surface area contributed by atoms with Gasteiger partial charge in [0.1, 0.15) is 6.04 Å². The zero-order chi connectivity index (χ0) is 19.1. The van der Waals surface area contributed by atoms with Crippen LogP contribution in [-0.4, -0.2) is 40.4 Å². The van der Waals surface area contributed by atoms with Gasteiger partial charge in [-0.25, -0.2) is 0 Å². The molecular weight excluding hydrogens is 332 g/mol. The maximum Gasteiger partial charge on any atom is 0.161 e. The van der Waals surface area contributed by atoms with Gasteiger partial charge in [-0.2, -0.15) is 5.26 Å². The number of hydrogen-bond donors (Lipinski definition) is 0. The van der Waals surface area contributed by atoms with Gasteiger partial charge >= 0.3 is 0 Å². The molecule has 0 radical (unpaired) electrons. The molecule has 0 aliphatic carbocycles. The first-order valence-electron chi connectivity index (χ1n) is 8.10. The molecule has 0 saturated carbocycles. The van der Waals surface area contributed by atoms with E-state index in [1.165, 1.54) is 0 Å². The average Bonchev–Trinajstić information content (AvgIpc) is 2.68. The van der Waals surface area contributed by atoms with Crippen molar-refractivity contribution in [2.75, 3.05) is 35.5 Å². The van der Waals surface area contributed by atoms with Gasteiger partial charge in [0.05, 0.1) is 34.5 Å². The molecule has 0 saturated heterocycles. The van der Waals surface area contributed by atoms with Crippen LogP contribution >= 0.6 is 0 Å². The molecule has 0 bridgehead atoms. The van der Waals surface area contributed by atoms with Crippen molar-refractivity contribution in [3.05, 3.63) is 47.5 Å². The number of nitriles is 1. The summed E-state index contributed by atoms with van der Waals surface area (Å²) >= 11 is 0. The van der Waals surface area contributed by atoms with Crippen molar-refractivity contribution in [3.8, 4) is 29.1 Å². The maximum atomic E-state index is 9.69. The highest BCUT2D eigenvalue weighted by molar-refractivity contribution is 5.45. The lowest BCUT2D eigenvalue weighted by Crippen LogP contribution is -2.23. The Hall–Kier alpha value is -2.91.